The van der Waals surface area contributed by atoms with Crippen LogP contribution in [-0.4, -0.2) is 43.6 Å². The number of ether oxygens (including phenoxy) is 1. The minimum Gasteiger partial charge on any atom is -0.493 e. The molecule has 0 heterocycles. The Hall–Kier alpha value is -1.26. The number of carbonyl (C=O) groups is 1. The van der Waals surface area contributed by atoms with Crippen LogP contribution in [0.25, 0.3) is 0 Å². The maximum absolute atomic E-state index is 12.3. The molecule has 0 radical (unpaired) electrons. The van der Waals surface area contributed by atoms with Crippen molar-refractivity contribution >= 4 is 18.3 Å². The van der Waals surface area contributed by atoms with E-state index >= 15 is 0 Å². The number of amides is 1. The molecular weight excluding hydrogens is 336 g/mol. The molecule has 0 spiro atoms. The Kier molecular flexibility index (Phi) is 14.3. The molecule has 5 heteroatoms. The van der Waals surface area contributed by atoms with Gasteiger partial charge in [-0.3, -0.25) is 4.79 Å². The fraction of sp³-hybridized carbons (Fsp3) is 0.650. The minimum atomic E-state index is -0.0363. The van der Waals surface area contributed by atoms with Gasteiger partial charge < -0.3 is 15.0 Å². The van der Waals surface area contributed by atoms with Crippen LogP contribution in [0.4, 0.5) is 0 Å². The van der Waals surface area contributed by atoms with E-state index in [4.69, 9.17) is 4.74 Å². The number of unbranched alkanes of at least 4 members (excludes halogenated alkanes) is 3. The fourth-order valence-electron chi connectivity index (χ4n) is 2.58. The maximum Gasteiger partial charge on any atom is 0.255 e. The highest BCUT2D eigenvalue weighted by molar-refractivity contribution is 5.96. The molecule has 0 fully saturated rings. The maximum atomic E-state index is 12.3. The second-order valence-electron chi connectivity index (χ2n) is 6.04. The minimum absolute atomic E-state index is 0. The van der Waals surface area contributed by atoms with Gasteiger partial charge in [0.15, 0.2) is 0 Å². The molecular formula is C20H35ClN2O2. The molecule has 0 aliphatic heterocycles. The Bertz CT molecular complexity index is 465. The van der Waals surface area contributed by atoms with Crippen molar-refractivity contribution in [3.63, 3.8) is 0 Å². The second-order valence-corrected chi connectivity index (χ2v) is 6.04. The molecule has 0 saturated heterocycles. The summed E-state index contributed by atoms with van der Waals surface area (Å²) in [7, 11) is 0. The van der Waals surface area contributed by atoms with Gasteiger partial charge in [-0.2, -0.15) is 0 Å². The third kappa shape index (κ3) is 9.71. The van der Waals surface area contributed by atoms with Gasteiger partial charge in [0.25, 0.3) is 5.91 Å². The molecule has 0 aromatic heterocycles. The van der Waals surface area contributed by atoms with E-state index in [1.807, 2.05) is 24.3 Å². The zero-order chi connectivity index (χ0) is 17.6. The van der Waals surface area contributed by atoms with Crippen LogP contribution in [-0.2, 0) is 0 Å². The van der Waals surface area contributed by atoms with Crippen molar-refractivity contribution in [3.05, 3.63) is 29.8 Å². The van der Waals surface area contributed by atoms with Crippen LogP contribution >= 0.6 is 12.4 Å². The third-order valence-corrected chi connectivity index (χ3v) is 4.22. The van der Waals surface area contributed by atoms with Crippen LogP contribution < -0.4 is 10.1 Å². The van der Waals surface area contributed by atoms with Crippen molar-refractivity contribution in [2.24, 2.45) is 0 Å². The topological polar surface area (TPSA) is 41.6 Å². The lowest BCUT2D eigenvalue weighted by atomic mass is 10.1. The van der Waals surface area contributed by atoms with Crippen molar-refractivity contribution in [2.75, 3.05) is 32.8 Å². The Morgan fingerprint density at radius 3 is 2.44 bits per heavy atom. The standard InChI is InChI=1S/C20H34N2O2.ClH/c1-4-7-17-24-19-14-10-9-13-18(19)20(23)21-15-11-8-12-16-22(5-2)6-3;/h9-10,13-14H,4-8,11-12,15-17H2,1-3H3,(H,21,23);1H. The largest absolute Gasteiger partial charge is 0.493 e. The summed E-state index contributed by atoms with van der Waals surface area (Å²) in [4.78, 5) is 14.8. The summed E-state index contributed by atoms with van der Waals surface area (Å²) < 4.78 is 5.73. The highest BCUT2D eigenvalue weighted by Crippen LogP contribution is 2.18. The number of hydrogen-bond acceptors (Lipinski definition) is 3. The molecule has 0 saturated carbocycles. The van der Waals surface area contributed by atoms with Gasteiger partial charge in [-0.05, 0) is 51.0 Å². The van der Waals surface area contributed by atoms with Crippen LogP contribution in [0.15, 0.2) is 24.3 Å². The van der Waals surface area contributed by atoms with Gasteiger partial charge in [-0.15, -0.1) is 12.4 Å². The van der Waals surface area contributed by atoms with E-state index in [1.54, 1.807) is 0 Å². The smallest absolute Gasteiger partial charge is 0.255 e. The zero-order valence-corrected chi connectivity index (χ0v) is 16.9. The average molecular weight is 371 g/mol. The van der Waals surface area contributed by atoms with Gasteiger partial charge in [0, 0.05) is 6.54 Å². The van der Waals surface area contributed by atoms with Gasteiger partial charge >= 0.3 is 0 Å². The molecule has 144 valence electrons. The van der Waals surface area contributed by atoms with Gasteiger partial charge in [0.05, 0.1) is 12.2 Å². The summed E-state index contributed by atoms with van der Waals surface area (Å²) in [6.07, 6.45) is 5.44. The molecule has 1 aromatic rings. The van der Waals surface area contributed by atoms with Crippen molar-refractivity contribution in [1.82, 2.24) is 10.2 Å². The molecule has 1 N–H and O–H groups in total. The summed E-state index contributed by atoms with van der Waals surface area (Å²) in [6.45, 7) is 11.3. The lowest BCUT2D eigenvalue weighted by Gasteiger charge is -2.17. The number of para-hydroxylation sites is 1. The summed E-state index contributed by atoms with van der Waals surface area (Å²) in [5.41, 5.74) is 0.636. The van der Waals surface area contributed by atoms with Crippen LogP contribution in [0.2, 0.25) is 0 Å². The monoisotopic (exact) mass is 370 g/mol. The third-order valence-electron chi connectivity index (χ3n) is 4.22. The lowest BCUT2D eigenvalue weighted by Crippen LogP contribution is -2.26. The predicted molar refractivity (Wildman–Crippen MR) is 108 cm³/mol. The Labute approximate surface area is 159 Å². The lowest BCUT2D eigenvalue weighted by molar-refractivity contribution is 0.0948. The average Bonchev–Trinajstić information content (AvgIpc) is 2.61. The summed E-state index contributed by atoms with van der Waals surface area (Å²) in [5, 5.41) is 3.01. The molecule has 0 aliphatic rings. The fourth-order valence-corrected chi connectivity index (χ4v) is 2.58. The van der Waals surface area contributed by atoms with Crippen LogP contribution in [0.5, 0.6) is 5.75 Å². The number of rotatable bonds is 13. The van der Waals surface area contributed by atoms with E-state index in [0.29, 0.717) is 17.9 Å². The number of halogens is 1. The first-order chi connectivity index (χ1) is 11.7. The van der Waals surface area contributed by atoms with Crippen LogP contribution in [0, 0.1) is 0 Å². The molecule has 1 rings (SSSR count). The first-order valence-corrected chi connectivity index (χ1v) is 9.45. The zero-order valence-electron chi connectivity index (χ0n) is 16.1. The predicted octanol–water partition coefficient (Wildman–Crippen LogP) is 4.53. The van der Waals surface area contributed by atoms with Gasteiger partial charge in [-0.25, -0.2) is 0 Å². The molecule has 0 unspecified atom stereocenters. The van der Waals surface area contributed by atoms with Crippen molar-refractivity contribution < 1.29 is 9.53 Å². The van der Waals surface area contributed by atoms with Crippen LogP contribution in [0.1, 0.15) is 63.2 Å². The molecule has 0 bridgehead atoms. The first-order valence-electron chi connectivity index (χ1n) is 9.45. The van der Waals surface area contributed by atoms with Crippen molar-refractivity contribution in [3.8, 4) is 5.75 Å². The number of benzene rings is 1. The molecule has 4 nitrogen and oxygen atoms in total. The quantitative estimate of drug-likeness (QED) is 0.518. The van der Waals surface area contributed by atoms with E-state index < -0.39 is 0 Å². The van der Waals surface area contributed by atoms with E-state index in [1.165, 1.54) is 6.42 Å². The number of nitrogens with zero attached hydrogens (tertiary/aromatic N) is 1. The molecule has 0 aliphatic carbocycles. The Balaban J connectivity index is 0.00000576. The first kappa shape index (κ1) is 23.7. The highest BCUT2D eigenvalue weighted by Gasteiger charge is 2.11. The normalized spacial score (nSPS) is 10.4. The van der Waals surface area contributed by atoms with Crippen molar-refractivity contribution in [2.45, 2.75) is 52.9 Å². The molecule has 1 aromatic carbocycles. The van der Waals surface area contributed by atoms with E-state index in [-0.39, 0.29) is 18.3 Å². The summed E-state index contributed by atoms with van der Waals surface area (Å²) >= 11 is 0. The SMILES string of the molecule is CCCCOc1ccccc1C(=O)NCCCCCN(CC)CC.Cl. The van der Waals surface area contributed by atoms with Crippen LogP contribution in [0.3, 0.4) is 0 Å². The van der Waals surface area contributed by atoms with Gasteiger partial charge in [0.1, 0.15) is 5.75 Å². The second kappa shape index (κ2) is 15.0. The molecule has 0 atom stereocenters. The van der Waals surface area contributed by atoms with Crippen molar-refractivity contribution in [1.29, 1.82) is 0 Å². The summed E-state index contributed by atoms with van der Waals surface area (Å²) in [5.74, 6) is 0.649. The molecule has 1 amide bonds. The van der Waals surface area contributed by atoms with Gasteiger partial charge in [-0.1, -0.05) is 45.7 Å². The molecule has 25 heavy (non-hydrogen) atoms. The van der Waals surface area contributed by atoms with E-state index in [0.717, 1.165) is 51.9 Å². The number of hydrogen-bond donors (Lipinski definition) is 1. The summed E-state index contributed by atoms with van der Waals surface area (Å²) in [6, 6.07) is 7.49. The number of carbonyl (C=O) groups excluding carboxylic acids is 1. The van der Waals surface area contributed by atoms with Gasteiger partial charge in [0.2, 0.25) is 0 Å². The Morgan fingerprint density at radius 1 is 1.04 bits per heavy atom. The van der Waals surface area contributed by atoms with E-state index in [9.17, 15) is 4.79 Å². The number of nitrogens with one attached hydrogen (secondary N) is 1. The Morgan fingerprint density at radius 2 is 1.76 bits per heavy atom. The highest BCUT2D eigenvalue weighted by atomic mass is 35.5. The van der Waals surface area contributed by atoms with E-state index in [2.05, 4.69) is 31.0 Å².